The molecule has 2 atom stereocenters. The fraction of sp³-hybridized carbons (Fsp3) is 0.533. The zero-order valence-corrected chi connectivity index (χ0v) is 15.8. The van der Waals surface area contributed by atoms with Crippen molar-refractivity contribution in [3.05, 3.63) is 29.8 Å². The number of hydrogen-bond acceptors (Lipinski definition) is 4. The van der Waals surface area contributed by atoms with Gasteiger partial charge in [-0.25, -0.2) is 12.7 Å². The predicted molar refractivity (Wildman–Crippen MR) is 94.2 cm³/mol. The second-order valence-electron chi connectivity index (χ2n) is 5.55. The van der Waals surface area contributed by atoms with Crippen molar-refractivity contribution in [2.75, 3.05) is 27.7 Å². The molecule has 0 radical (unpaired) electrons. The highest BCUT2D eigenvalue weighted by molar-refractivity contribution is 7.89. The van der Waals surface area contributed by atoms with E-state index in [2.05, 4.69) is 10.6 Å². The summed E-state index contributed by atoms with van der Waals surface area (Å²) in [4.78, 5) is 12.2. The molecule has 1 aromatic rings. The standard InChI is InChI=1S/C15H25N3O3S.ClH/c1-11(10-16-3)15(19)17-12(2)13-6-8-14(9-7-13)22(20,21)18(4)5;/h6-9,11-12,16H,10H2,1-5H3,(H,17,19);1H. The van der Waals surface area contributed by atoms with Crippen molar-refractivity contribution in [1.29, 1.82) is 0 Å². The largest absolute Gasteiger partial charge is 0.349 e. The van der Waals surface area contributed by atoms with E-state index in [9.17, 15) is 13.2 Å². The molecule has 1 amide bonds. The Labute approximate surface area is 145 Å². The summed E-state index contributed by atoms with van der Waals surface area (Å²) in [5.74, 6) is -0.160. The van der Waals surface area contributed by atoms with Gasteiger partial charge < -0.3 is 10.6 Å². The minimum Gasteiger partial charge on any atom is -0.349 e. The molecular weight excluding hydrogens is 338 g/mol. The minimum atomic E-state index is -3.43. The molecule has 2 unspecified atom stereocenters. The molecule has 0 fully saturated rings. The summed E-state index contributed by atoms with van der Waals surface area (Å²) in [6.45, 7) is 4.34. The Morgan fingerprint density at radius 1 is 1.17 bits per heavy atom. The van der Waals surface area contributed by atoms with Crippen LogP contribution in [0.2, 0.25) is 0 Å². The zero-order chi connectivity index (χ0) is 16.9. The van der Waals surface area contributed by atoms with Crippen LogP contribution in [0.1, 0.15) is 25.5 Å². The van der Waals surface area contributed by atoms with E-state index < -0.39 is 10.0 Å². The van der Waals surface area contributed by atoms with Gasteiger partial charge in [0.2, 0.25) is 15.9 Å². The Morgan fingerprint density at radius 2 is 1.70 bits per heavy atom. The number of rotatable bonds is 7. The number of amides is 1. The summed E-state index contributed by atoms with van der Waals surface area (Å²) in [6.07, 6.45) is 0. The Bertz CT molecular complexity index is 603. The van der Waals surface area contributed by atoms with Crippen LogP contribution in [-0.4, -0.2) is 46.3 Å². The van der Waals surface area contributed by atoms with Crippen LogP contribution < -0.4 is 10.6 Å². The molecule has 0 saturated carbocycles. The highest BCUT2D eigenvalue weighted by Crippen LogP contribution is 2.18. The van der Waals surface area contributed by atoms with E-state index in [1.165, 1.54) is 18.4 Å². The van der Waals surface area contributed by atoms with E-state index >= 15 is 0 Å². The Balaban J connectivity index is 0.00000484. The molecule has 0 saturated heterocycles. The van der Waals surface area contributed by atoms with Crippen molar-refractivity contribution in [3.63, 3.8) is 0 Å². The zero-order valence-electron chi connectivity index (χ0n) is 14.2. The first kappa shape index (κ1) is 21.9. The van der Waals surface area contributed by atoms with Gasteiger partial charge in [-0.2, -0.15) is 0 Å². The van der Waals surface area contributed by atoms with Crippen LogP contribution in [0.3, 0.4) is 0 Å². The van der Waals surface area contributed by atoms with Crippen LogP contribution in [0.15, 0.2) is 29.2 Å². The number of carbonyl (C=O) groups is 1. The number of benzene rings is 1. The van der Waals surface area contributed by atoms with Gasteiger partial charge in [0, 0.05) is 26.6 Å². The van der Waals surface area contributed by atoms with Crippen molar-refractivity contribution < 1.29 is 13.2 Å². The van der Waals surface area contributed by atoms with Crippen LogP contribution in [-0.2, 0) is 14.8 Å². The van der Waals surface area contributed by atoms with Gasteiger partial charge in [-0.05, 0) is 31.7 Å². The van der Waals surface area contributed by atoms with Gasteiger partial charge in [0.05, 0.1) is 10.9 Å². The summed E-state index contributed by atoms with van der Waals surface area (Å²) in [6, 6.07) is 6.39. The third kappa shape index (κ3) is 5.76. The molecule has 132 valence electrons. The third-order valence-electron chi connectivity index (χ3n) is 3.48. The summed E-state index contributed by atoms with van der Waals surface area (Å²) in [7, 11) is 1.37. The van der Waals surface area contributed by atoms with Crippen molar-refractivity contribution >= 4 is 28.3 Å². The normalized spacial score (nSPS) is 14.0. The third-order valence-corrected chi connectivity index (χ3v) is 5.30. The van der Waals surface area contributed by atoms with Crippen LogP contribution >= 0.6 is 12.4 Å². The lowest BCUT2D eigenvalue weighted by atomic mass is 10.1. The summed E-state index contributed by atoms with van der Waals surface area (Å²) in [5, 5.41) is 5.89. The summed E-state index contributed by atoms with van der Waals surface area (Å²) >= 11 is 0. The predicted octanol–water partition coefficient (Wildman–Crippen LogP) is 1.39. The molecule has 1 rings (SSSR count). The van der Waals surface area contributed by atoms with E-state index in [0.29, 0.717) is 6.54 Å². The molecule has 1 aromatic carbocycles. The van der Waals surface area contributed by atoms with Crippen molar-refractivity contribution in [2.24, 2.45) is 5.92 Å². The number of hydrogen-bond donors (Lipinski definition) is 2. The quantitative estimate of drug-likeness (QED) is 0.767. The molecule has 0 heterocycles. The van der Waals surface area contributed by atoms with E-state index in [1.54, 1.807) is 31.3 Å². The second kappa shape index (κ2) is 9.22. The van der Waals surface area contributed by atoms with Gasteiger partial charge in [0.15, 0.2) is 0 Å². The number of halogens is 1. The van der Waals surface area contributed by atoms with Crippen molar-refractivity contribution in [1.82, 2.24) is 14.9 Å². The number of nitrogens with one attached hydrogen (secondary N) is 2. The average molecular weight is 364 g/mol. The Kier molecular flexibility index (Phi) is 8.76. The number of nitrogens with zero attached hydrogens (tertiary/aromatic N) is 1. The van der Waals surface area contributed by atoms with Gasteiger partial charge in [-0.3, -0.25) is 4.79 Å². The van der Waals surface area contributed by atoms with Gasteiger partial charge in [0.1, 0.15) is 0 Å². The summed E-state index contributed by atoms with van der Waals surface area (Å²) in [5.41, 5.74) is 0.864. The van der Waals surface area contributed by atoms with Crippen LogP contribution in [0.4, 0.5) is 0 Å². The van der Waals surface area contributed by atoms with Gasteiger partial charge in [-0.1, -0.05) is 19.1 Å². The molecular formula is C15H26ClN3O3S. The highest BCUT2D eigenvalue weighted by atomic mass is 35.5. The first-order chi connectivity index (χ1) is 10.2. The van der Waals surface area contributed by atoms with Gasteiger partial charge >= 0.3 is 0 Å². The minimum absolute atomic E-state index is 0. The molecule has 0 aliphatic carbocycles. The SMILES string of the molecule is CNCC(C)C(=O)NC(C)c1ccc(S(=O)(=O)N(C)C)cc1.Cl. The lowest BCUT2D eigenvalue weighted by Crippen LogP contribution is -2.35. The maximum atomic E-state index is 12.0. The Hall–Kier alpha value is -1.15. The Morgan fingerprint density at radius 3 is 2.13 bits per heavy atom. The lowest BCUT2D eigenvalue weighted by molar-refractivity contribution is -0.125. The van der Waals surface area contributed by atoms with E-state index in [0.717, 1.165) is 5.56 Å². The molecule has 2 N–H and O–H groups in total. The van der Waals surface area contributed by atoms with Gasteiger partial charge in [-0.15, -0.1) is 12.4 Å². The van der Waals surface area contributed by atoms with Crippen LogP contribution in [0, 0.1) is 5.92 Å². The number of carbonyl (C=O) groups excluding carboxylic acids is 1. The monoisotopic (exact) mass is 363 g/mol. The molecule has 6 nitrogen and oxygen atoms in total. The van der Waals surface area contributed by atoms with E-state index in [1.807, 2.05) is 13.8 Å². The molecule has 23 heavy (non-hydrogen) atoms. The molecule has 0 bridgehead atoms. The smallest absolute Gasteiger partial charge is 0.242 e. The lowest BCUT2D eigenvalue weighted by Gasteiger charge is -2.18. The molecule has 8 heteroatoms. The average Bonchev–Trinajstić information content (AvgIpc) is 2.47. The molecule has 0 aliphatic rings. The van der Waals surface area contributed by atoms with E-state index in [4.69, 9.17) is 0 Å². The maximum Gasteiger partial charge on any atom is 0.242 e. The van der Waals surface area contributed by atoms with E-state index in [-0.39, 0.29) is 35.2 Å². The van der Waals surface area contributed by atoms with Crippen molar-refractivity contribution in [2.45, 2.75) is 24.8 Å². The fourth-order valence-electron chi connectivity index (χ4n) is 1.98. The molecule has 0 aromatic heterocycles. The fourth-order valence-corrected chi connectivity index (χ4v) is 2.88. The topological polar surface area (TPSA) is 78.5 Å². The maximum absolute atomic E-state index is 12.0. The van der Waals surface area contributed by atoms with Gasteiger partial charge in [0.25, 0.3) is 0 Å². The van der Waals surface area contributed by atoms with Crippen molar-refractivity contribution in [3.8, 4) is 0 Å². The molecule has 0 spiro atoms. The highest BCUT2D eigenvalue weighted by Gasteiger charge is 2.18. The second-order valence-corrected chi connectivity index (χ2v) is 7.70. The summed E-state index contributed by atoms with van der Waals surface area (Å²) < 4.78 is 25.2. The van der Waals surface area contributed by atoms with Crippen LogP contribution in [0.25, 0.3) is 0 Å². The first-order valence-electron chi connectivity index (χ1n) is 7.17. The molecule has 0 aliphatic heterocycles. The first-order valence-corrected chi connectivity index (χ1v) is 8.61. The number of sulfonamides is 1. The van der Waals surface area contributed by atoms with Crippen LogP contribution in [0.5, 0.6) is 0 Å².